The fourth-order valence-corrected chi connectivity index (χ4v) is 4.60. The molecule has 1 saturated heterocycles. The standard InChI is InChI=1S/C16H24N2O2S/c1-18(15-11-17-12-15)21(19,20)16-9-7-14(8-10-16)13-5-3-2-4-6-13/h7-10,13,15,17H,2-6,11-12H2,1H3. The lowest BCUT2D eigenvalue weighted by molar-refractivity contribution is 0.274. The molecule has 0 radical (unpaired) electrons. The zero-order valence-electron chi connectivity index (χ0n) is 12.6. The van der Waals surface area contributed by atoms with Crippen molar-refractivity contribution in [2.75, 3.05) is 20.1 Å². The maximum Gasteiger partial charge on any atom is 0.243 e. The van der Waals surface area contributed by atoms with Crippen LogP contribution in [0.3, 0.4) is 0 Å². The molecule has 0 aromatic heterocycles. The van der Waals surface area contributed by atoms with Crippen LogP contribution in [-0.2, 0) is 10.0 Å². The lowest BCUT2D eigenvalue weighted by Gasteiger charge is -2.34. The normalized spacial score (nSPS) is 21.4. The van der Waals surface area contributed by atoms with Gasteiger partial charge in [-0.1, -0.05) is 31.4 Å². The van der Waals surface area contributed by atoms with Gasteiger partial charge in [-0.25, -0.2) is 8.42 Å². The first kappa shape index (κ1) is 15.0. The van der Waals surface area contributed by atoms with Crippen molar-refractivity contribution in [1.29, 1.82) is 0 Å². The van der Waals surface area contributed by atoms with Crippen molar-refractivity contribution < 1.29 is 8.42 Å². The minimum Gasteiger partial charge on any atom is -0.313 e. The predicted molar refractivity (Wildman–Crippen MR) is 83.9 cm³/mol. The van der Waals surface area contributed by atoms with Gasteiger partial charge in [-0.2, -0.15) is 4.31 Å². The summed E-state index contributed by atoms with van der Waals surface area (Å²) in [4.78, 5) is 0.413. The van der Waals surface area contributed by atoms with Gasteiger partial charge in [0, 0.05) is 26.2 Å². The minimum absolute atomic E-state index is 0.0908. The Bertz CT molecular complexity index is 573. The Kier molecular flexibility index (Phi) is 4.33. The third-order valence-corrected chi connectivity index (χ3v) is 6.83. The zero-order valence-corrected chi connectivity index (χ0v) is 13.4. The number of hydrogen-bond donors (Lipinski definition) is 1. The van der Waals surface area contributed by atoms with E-state index in [9.17, 15) is 8.42 Å². The first-order chi connectivity index (χ1) is 10.1. The van der Waals surface area contributed by atoms with Crippen molar-refractivity contribution in [2.45, 2.75) is 49.0 Å². The molecule has 1 aliphatic carbocycles. The van der Waals surface area contributed by atoms with Crippen molar-refractivity contribution in [3.8, 4) is 0 Å². The molecule has 0 unspecified atom stereocenters. The number of benzene rings is 1. The van der Waals surface area contributed by atoms with Gasteiger partial charge in [-0.05, 0) is 36.5 Å². The summed E-state index contributed by atoms with van der Waals surface area (Å²) < 4.78 is 26.6. The SMILES string of the molecule is CN(C1CNC1)S(=O)(=O)c1ccc(C2CCCCC2)cc1. The van der Waals surface area contributed by atoms with E-state index in [0.717, 1.165) is 13.1 Å². The van der Waals surface area contributed by atoms with Crippen LogP contribution in [0.25, 0.3) is 0 Å². The van der Waals surface area contributed by atoms with Crippen LogP contribution in [0.15, 0.2) is 29.2 Å². The summed E-state index contributed by atoms with van der Waals surface area (Å²) in [7, 11) is -1.68. The monoisotopic (exact) mass is 308 g/mol. The summed E-state index contributed by atoms with van der Waals surface area (Å²) in [5.74, 6) is 0.615. The van der Waals surface area contributed by atoms with Crippen molar-refractivity contribution in [3.63, 3.8) is 0 Å². The molecule has 4 nitrogen and oxygen atoms in total. The average Bonchev–Trinajstić information content (AvgIpc) is 2.46. The molecule has 2 aliphatic rings. The molecule has 2 fully saturated rings. The molecule has 1 aromatic carbocycles. The van der Waals surface area contributed by atoms with Crippen molar-refractivity contribution in [2.24, 2.45) is 0 Å². The minimum atomic E-state index is -3.35. The van der Waals surface area contributed by atoms with E-state index in [1.165, 1.54) is 42.0 Å². The summed E-state index contributed by atoms with van der Waals surface area (Å²) in [6.45, 7) is 1.49. The van der Waals surface area contributed by atoms with Crippen LogP contribution in [0.2, 0.25) is 0 Å². The van der Waals surface area contributed by atoms with Crippen LogP contribution >= 0.6 is 0 Å². The van der Waals surface area contributed by atoms with Gasteiger partial charge in [0.05, 0.1) is 4.90 Å². The summed E-state index contributed by atoms with van der Waals surface area (Å²) in [5.41, 5.74) is 1.29. The summed E-state index contributed by atoms with van der Waals surface area (Å²) in [6.07, 6.45) is 6.40. The molecular formula is C16H24N2O2S. The second kappa shape index (κ2) is 6.07. The fourth-order valence-electron chi connectivity index (χ4n) is 3.24. The molecule has 1 saturated carbocycles. The van der Waals surface area contributed by atoms with Gasteiger partial charge in [-0.3, -0.25) is 0 Å². The first-order valence-electron chi connectivity index (χ1n) is 7.88. The average molecular weight is 308 g/mol. The molecule has 0 amide bonds. The fraction of sp³-hybridized carbons (Fsp3) is 0.625. The third-order valence-electron chi connectivity index (χ3n) is 4.91. The van der Waals surface area contributed by atoms with Crippen LogP contribution in [0.4, 0.5) is 0 Å². The summed E-state index contributed by atoms with van der Waals surface area (Å²) in [5, 5.41) is 3.11. The number of likely N-dealkylation sites (N-methyl/N-ethyl adjacent to an activating group) is 1. The number of nitrogens with zero attached hydrogens (tertiary/aromatic N) is 1. The molecule has 5 heteroatoms. The summed E-state index contributed by atoms with van der Waals surface area (Å²) >= 11 is 0. The maximum atomic E-state index is 12.6. The molecule has 116 valence electrons. The Labute approximate surface area is 127 Å². The van der Waals surface area contributed by atoms with Crippen LogP contribution in [-0.4, -0.2) is 38.9 Å². The van der Waals surface area contributed by atoms with Gasteiger partial charge < -0.3 is 5.32 Å². The van der Waals surface area contributed by atoms with Crippen LogP contribution in [0.5, 0.6) is 0 Å². The second-order valence-corrected chi connectivity index (χ2v) is 8.23. The van der Waals surface area contributed by atoms with Crippen LogP contribution in [0.1, 0.15) is 43.6 Å². The molecule has 21 heavy (non-hydrogen) atoms. The lowest BCUT2D eigenvalue weighted by atomic mass is 9.84. The topological polar surface area (TPSA) is 49.4 Å². The lowest BCUT2D eigenvalue weighted by Crippen LogP contribution is -2.57. The first-order valence-corrected chi connectivity index (χ1v) is 9.32. The summed E-state index contributed by atoms with van der Waals surface area (Å²) in [6, 6.07) is 7.67. The highest BCUT2D eigenvalue weighted by Gasteiger charge is 2.31. The van der Waals surface area contributed by atoms with Crippen molar-refractivity contribution in [3.05, 3.63) is 29.8 Å². The highest BCUT2D eigenvalue weighted by Crippen LogP contribution is 2.33. The Hall–Kier alpha value is -0.910. The molecular weight excluding hydrogens is 284 g/mol. The highest BCUT2D eigenvalue weighted by molar-refractivity contribution is 7.89. The van der Waals surface area contributed by atoms with E-state index >= 15 is 0 Å². The molecule has 3 rings (SSSR count). The molecule has 1 heterocycles. The van der Waals surface area contributed by atoms with Gasteiger partial charge in [-0.15, -0.1) is 0 Å². The number of hydrogen-bond acceptors (Lipinski definition) is 3. The number of sulfonamides is 1. The van der Waals surface area contributed by atoms with E-state index < -0.39 is 10.0 Å². The zero-order chi connectivity index (χ0) is 14.9. The van der Waals surface area contributed by atoms with E-state index in [1.54, 1.807) is 19.2 Å². The number of nitrogens with one attached hydrogen (secondary N) is 1. The molecule has 1 aliphatic heterocycles. The third kappa shape index (κ3) is 3.00. The smallest absolute Gasteiger partial charge is 0.243 e. The Morgan fingerprint density at radius 1 is 1.05 bits per heavy atom. The largest absolute Gasteiger partial charge is 0.313 e. The van der Waals surface area contributed by atoms with E-state index in [0.29, 0.717) is 10.8 Å². The van der Waals surface area contributed by atoms with Gasteiger partial charge in [0.15, 0.2) is 0 Å². The van der Waals surface area contributed by atoms with Crippen molar-refractivity contribution >= 4 is 10.0 Å². The van der Waals surface area contributed by atoms with E-state index in [4.69, 9.17) is 0 Å². The quantitative estimate of drug-likeness (QED) is 0.929. The Morgan fingerprint density at radius 2 is 1.67 bits per heavy atom. The van der Waals surface area contributed by atoms with Gasteiger partial charge >= 0.3 is 0 Å². The molecule has 1 aromatic rings. The van der Waals surface area contributed by atoms with E-state index in [2.05, 4.69) is 5.32 Å². The van der Waals surface area contributed by atoms with Crippen LogP contribution in [0, 0.1) is 0 Å². The maximum absolute atomic E-state index is 12.6. The van der Waals surface area contributed by atoms with Gasteiger partial charge in [0.1, 0.15) is 0 Å². The Balaban J connectivity index is 1.76. The Morgan fingerprint density at radius 3 is 2.19 bits per heavy atom. The molecule has 0 atom stereocenters. The second-order valence-electron chi connectivity index (χ2n) is 6.24. The molecule has 0 spiro atoms. The molecule has 0 bridgehead atoms. The van der Waals surface area contributed by atoms with Crippen molar-refractivity contribution in [1.82, 2.24) is 9.62 Å². The van der Waals surface area contributed by atoms with Gasteiger partial charge in [0.25, 0.3) is 0 Å². The van der Waals surface area contributed by atoms with Crippen LogP contribution < -0.4 is 5.32 Å². The van der Waals surface area contributed by atoms with E-state index in [1.807, 2.05) is 12.1 Å². The van der Waals surface area contributed by atoms with Gasteiger partial charge in [0.2, 0.25) is 10.0 Å². The predicted octanol–water partition coefficient (Wildman–Crippen LogP) is 2.33. The van der Waals surface area contributed by atoms with E-state index in [-0.39, 0.29) is 6.04 Å². The molecule has 1 N–H and O–H groups in total. The number of rotatable bonds is 4. The highest BCUT2D eigenvalue weighted by atomic mass is 32.2.